The summed E-state index contributed by atoms with van der Waals surface area (Å²) in [5, 5.41) is 7.09. The van der Waals surface area contributed by atoms with Gasteiger partial charge in [0.2, 0.25) is 0 Å². The molecule has 0 fully saturated rings. The Balaban J connectivity index is 2.76. The van der Waals surface area contributed by atoms with Gasteiger partial charge in [0.05, 0.1) is 0 Å². The number of rotatable bonds is 1. The van der Waals surface area contributed by atoms with Gasteiger partial charge in [-0.15, -0.1) is 0 Å². The first kappa shape index (κ1) is 6.59. The quantitative estimate of drug-likeness (QED) is 0.424. The van der Waals surface area contributed by atoms with Crippen molar-refractivity contribution in [2.75, 3.05) is 0 Å². The Morgan fingerprint density at radius 1 is 1.67 bits per heavy atom. The highest BCUT2D eigenvalue weighted by Crippen LogP contribution is 1.93. The molecule has 0 aromatic rings. The Labute approximate surface area is 53.9 Å². The largest absolute Gasteiger partial charge is 0.311 e. The van der Waals surface area contributed by atoms with Crippen LogP contribution >= 0.6 is 0 Å². The van der Waals surface area contributed by atoms with Crippen LogP contribution in [0, 0.1) is 0 Å². The van der Waals surface area contributed by atoms with Gasteiger partial charge in [-0.05, 0) is 0 Å². The highest BCUT2D eigenvalue weighted by Gasteiger charge is 2.14. The zero-order chi connectivity index (χ0) is 6.91. The van der Waals surface area contributed by atoms with Crippen molar-refractivity contribution in [2.24, 2.45) is 5.14 Å². The average molecular weight is 146 g/mol. The van der Waals surface area contributed by atoms with Gasteiger partial charge in [-0.3, -0.25) is 5.34 Å². The summed E-state index contributed by atoms with van der Waals surface area (Å²) in [5.41, 5.74) is 0. The second-order valence-corrected chi connectivity index (χ2v) is 2.90. The molecule has 9 heavy (non-hydrogen) atoms. The summed E-state index contributed by atoms with van der Waals surface area (Å²) in [6.07, 6.45) is 1.31. The number of nitrogens with one attached hydrogen (secondary N) is 1. The van der Waals surface area contributed by atoms with E-state index in [9.17, 15) is 8.42 Å². The molecule has 0 aromatic carbocycles. The molecule has 5 nitrogen and oxygen atoms in total. The van der Waals surface area contributed by atoms with E-state index < -0.39 is 10.2 Å². The monoisotopic (exact) mass is 146 g/mol. The van der Waals surface area contributed by atoms with Crippen molar-refractivity contribution in [3.05, 3.63) is 12.2 Å². The van der Waals surface area contributed by atoms with E-state index >= 15 is 0 Å². The molecule has 0 spiro atoms. The van der Waals surface area contributed by atoms with Gasteiger partial charge in [-0.2, -0.15) is 8.42 Å². The lowest BCUT2D eigenvalue weighted by Gasteiger charge is -2.11. The number of hydrazine groups is 1. The van der Waals surface area contributed by atoms with Crippen LogP contribution in [0.5, 0.6) is 0 Å². The molecule has 0 amide bonds. The van der Waals surface area contributed by atoms with Crippen LogP contribution in [0.3, 0.4) is 0 Å². The number of nitrogens with two attached hydrogens (primary N) is 1. The van der Waals surface area contributed by atoms with Crippen LogP contribution in [0.25, 0.3) is 0 Å². The molecule has 1 radical (unpaired) electrons. The molecule has 0 bridgehead atoms. The van der Waals surface area contributed by atoms with Gasteiger partial charge in [0.15, 0.2) is 0 Å². The predicted molar refractivity (Wildman–Crippen MR) is 33.0 cm³/mol. The molecule has 3 N–H and O–H groups in total. The van der Waals surface area contributed by atoms with Crippen molar-refractivity contribution in [1.29, 1.82) is 0 Å². The van der Waals surface area contributed by atoms with E-state index in [2.05, 4.69) is 5.34 Å². The smallest absolute Gasteiger partial charge is 0.261 e. The summed E-state index contributed by atoms with van der Waals surface area (Å²) in [6.45, 7) is 0. The van der Waals surface area contributed by atoms with Crippen molar-refractivity contribution < 1.29 is 8.42 Å². The van der Waals surface area contributed by atoms with E-state index in [0.29, 0.717) is 0 Å². The second kappa shape index (κ2) is 2.01. The molecule has 0 saturated heterocycles. The van der Waals surface area contributed by atoms with Crippen molar-refractivity contribution in [3.8, 4) is 0 Å². The van der Waals surface area contributed by atoms with Gasteiger partial charge in [-0.25, -0.2) is 9.55 Å². The van der Waals surface area contributed by atoms with Crippen molar-refractivity contribution in [2.45, 2.75) is 0 Å². The summed E-state index contributed by atoms with van der Waals surface area (Å²) in [4.78, 5) is 0. The minimum absolute atomic E-state index is 0.812. The summed E-state index contributed by atoms with van der Waals surface area (Å²) < 4.78 is 21.6. The number of hydrogen-bond donors (Lipinski definition) is 2. The fourth-order valence-corrected chi connectivity index (χ4v) is 0.887. The fraction of sp³-hybridized carbons (Fsp3) is 0. The van der Waals surface area contributed by atoms with Crippen LogP contribution in [0.4, 0.5) is 0 Å². The minimum atomic E-state index is -3.60. The fourth-order valence-electron chi connectivity index (χ4n) is 0.439. The van der Waals surface area contributed by atoms with Gasteiger partial charge < -0.3 is 0 Å². The minimum Gasteiger partial charge on any atom is -0.261 e. The van der Waals surface area contributed by atoms with Crippen LogP contribution < -0.4 is 10.5 Å². The van der Waals surface area contributed by atoms with Crippen LogP contribution in [-0.4, -0.2) is 20.2 Å². The lowest BCUT2D eigenvalue weighted by Crippen LogP contribution is -2.40. The first-order valence-electron chi connectivity index (χ1n) is 2.19. The number of hydrogen-bond acceptors (Lipinski definition) is 3. The maximum atomic E-state index is 10.4. The summed E-state index contributed by atoms with van der Waals surface area (Å²) in [7, 11) is -2.14. The molecule has 0 aromatic heterocycles. The van der Waals surface area contributed by atoms with Crippen LogP contribution in [0.2, 0.25) is 0 Å². The summed E-state index contributed by atoms with van der Waals surface area (Å²) in [5.74, 6) is 1.53. The van der Waals surface area contributed by atoms with Crippen LogP contribution in [0.1, 0.15) is 0 Å². The molecule has 0 saturated carbocycles. The Morgan fingerprint density at radius 2 is 2.33 bits per heavy atom. The molecule has 1 aliphatic rings. The third kappa shape index (κ3) is 1.44. The molecule has 1 rings (SSSR count). The lowest BCUT2D eigenvalue weighted by atomic mass is 10.00. The standard InChI is InChI=1S/C2H5BN3O2S/c4-9(7,8)6-2-1-3-5-6/h1-2,5H,(H2,4,7,8). The molecule has 7 heteroatoms. The van der Waals surface area contributed by atoms with Crippen molar-refractivity contribution in [3.63, 3.8) is 0 Å². The highest BCUT2D eigenvalue weighted by molar-refractivity contribution is 7.86. The lowest BCUT2D eigenvalue weighted by molar-refractivity contribution is 0.488. The second-order valence-electron chi connectivity index (χ2n) is 1.48. The Kier molecular flexibility index (Phi) is 1.48. The van der Waals surface area contributed by atoms with Gasteiger partial charge in [-0.1, -0.05) is 5.98 Å². The van der Waals surface area contributed by atoms with Crippen LogP contribution in [0.15, 0.2) is 12.2 Å². The van der Waals surface area contributed by atoms with Crippen LogP contribution in [-0.2, 0) is 10.2 Å². The molecule has 1 heterocycles. The van der Waals surface area contributed by atoms with E-state index in [-0.39, 0.29) is 0 Å². The topological polar surface area (TPSA) is 75.4 Å². The van der Waals surface area contributed by atoms with E-state index in [4.69, 9.17) is 5.14 Å². The Bertz CT molecular complexity index is 222. The van der Waals surface area contributed by atoms with Gasteiger partial charge in [0.1, 0.15) is 0 Å². The van der Waals surface area contributed by atoms with E-state index in [1.54, 1.807) is 0 Å². The maximum absolute atomic E-state index is 10.4. The molecule has 49 valence electrons. The van der Waals surface area contributed by atoms with Gasteiger partial charge in [0.25, 0.3) is 7.41 Å². The summed E-state index contributed by atoms with van der Waals surface area (Å²) in [6, 6.07) is 0. The summed E-state index contributed by atoms with van der Waals surface area (Å²) >= 11 is 0. The van der Waals surface area contributed by atoms with Gasteiger partial charge >= 0.3 is 10.2 Å². The number of nitrogens with zero attached hydrogens (tertiary/aromatic N) is 1. The van der Waals surface area contributed by atoms with Gasteiger partial charge in [0, 0.05) is 6.20 Å². The predicted octanol–water partition coefficient (Wildman–Crippen LogP) is -1.90. The molecule has 1 aliphatic heterocycles. The Morgan fingerprint density at radius 3 is 2.56 bits per heavy atom. The van der Waals surface area contributed by atoms with Crippen molar-refractivity contribution >= 4 is 17.6 Å². The molecular formula is C2H5BN3O2S. The Hall–Kier alpha value is -0.525. The zero-order valence-electron chi connectivity index (χ0n) is 4.48. The van der Waals surface area contributed by atoms with E-state index in [1.807, 2.05) is 0 Å². The molecule has 0 unspecified atom stereocenters. The first-order chi connectivity index (χ1) is 4.11. The third-order valence-corrected chi connectivity index (χ3v) is 1.57. The molecular weight excluding hydrogens is 141 g/mol. The maximum Gasteiger partial charge on any atom is 0.311 e. The third-order valence-electron chi connectivity index (χ3n) is 0.794. The van der Waals surface area contributed by atoms with E-state index in [1.165, 1.54) is 19.6 Å². The average Bonchev–Trinajstić information content (AvgIpc) is 2.08. The first-order valence-corrected chi connectivity index (χ1v) is 3.69. The SMILES string of the molecule is NS(=O)(=O)N1C=C[B]N1. The van der Waals surface area contributed by atoms with E-state index in [0.717, 1.165) is 4.41 Å². The molecule has 0 aliphatic carbocycles. The normalized spacial score (nSPS) is 18.1. The van der Waals surface area contributed by atoms with Crippen molar-refractivity contribution in [1.82, 2.24) is 9.75 Å². The zero-order valence-corrected chi connectivity index (χ0v) is 5.30. The molecule has 0 atom stereocenters. The highest BCUT2D eigenvalue weighted by atomic mass is 32.2.